The minimum Gasteiger partial charge on any atom is -0.469 e. The number of rotatable bonds is 5. The van der Waals surface area contributed by atoms with Crippen molar-refractivity contribution in [2.75, 3.05) is 24.7 Å². The Balaban J connectivity index is 2.93. The molecule has 1 heterocycles. The van der Waals surface area contributed by atoms with Gasteiger partial charge in [0.15, 0.2) is 0 Å². The predicted octanol–water partition coefficient (Wildman–Crippen LogP) is -0.886. The van der Waals surface area contributed by atoms with Crippen LogP contribution in [-0.2, 0) is 16.1 Å². The first-order valence-electron chi connectivity index (χ1n) is 5.44. The summed E-state index contributed by atoms with van der Waals surface area (Å²) in [5.74, 6) is -0.350. The van der Waals surface area contributed by atoms with Crippen molar-refractivity contribution in [1.82, 2.24) is 9.55 Å². The zero-order valence-corrected chi connectivity index (χ0v) is 10.3. The van der Waals surface area contributed by atoms with Crippen LogP contribution < -0.4 is 22.3 Å². The van der Waals surface area contributed by atoms with Crippen molar-refractivity contribution < 1.29 is 9.53 Å². The summed E-state index contributed by atoms with van der Waals surface area (Å²) in [4.78, 5) is 36.0. The third-order valence-corrected chi connectivity index (χ3v) is 2.41. The number of esters is 1. The number of hydrogen-bond donors (Lipinski definition) is 3. The van der Waals surface area contributed by atoms with Crippen molar-refractivity contribution in [3.05, 3.63) is 20.8 Å². The number of carbonyl (C=O) groups excluding carboxylic acids is 1. The molecule has 0 aliphatic rings. The van der Waals surface area contributed by atoms with E-state index in [0.717, 1.165) is 0 Å². The molecule has 0 fully saturated rings. The van der Waals surface area contributed by atoms with Crippen LogP contribution in [0.15, 0.2) is 9.59 Å². The number of carbonyl (C=O) groups is 1. The van der Waals surface area contributed by atoms with Gasteiger partial charge in [0.1, 0.15) is 11.5 Å². The molecule has 0 saturated heterocycles. The van der Waals surface area contributed by atoms with E-state index in [1.165, 1.54) is 11.7 Å². The van der Waals surface area contributed by atoms with Gasteiger partial charge in [-0.15, -0.1) is 0 Å². The molecular formula is C10H16N4O4. The van der Waals surface area contributed by atoms with Gasteiger partial charge in [0.05, 0.1) is 13.5 Å². The summed E-state index contributed by atoms with van der Waals surface area (Å²) < 4.78 is 5.69. The first-order chi connectivity index (χ1) is 8.51. The highest BCUT2D eigenvalue weighted by Crippen LogP contribution is 2.09. The molecular weight excluding hydrogens is 240 g/mol. The number of aromatic amines is 1. The number of nitrogens with two attached hydrogens (primary N) is 1. The standard InChI is InChI=1S/C10H16N4O4/c1-3-14-8(11)7(9(16)13-10(14)17)12-5-4-6(15)18-2/h12H,3-5,11H2,1-2H3,(H,13,16,17). The maximum Gasteiger partial charge on any atom is 0.330 e. The highest BCUT2D eigenvalue weighted by Gasteiger charge is 2.11. The molecule has 0 saturated carbocycles. The first-order valence-corrected chi connectivity index (χ1v) is 5.44. The van der Waals surface area contributed by atoms with E-state index in [0.29, 0.717) is 6.54 Å². The number of H-pyrrole nitrogens is 1. The van der Waals surface area contributed by atoms with Crippen molar-refractivity contribution in [2.45, 2.75) is 19.9 Å². The van der Waals surface area contributed by atoms with E-state index in [4.69, 9.17) is 5.73 Å². The fourth-order valence-corrected chi connectivity index (χ4v) is 1.46. The fourth-order valence-electron chi connectivity index (χ4n) is 1.46. The lowest BCUT2D eigenvalue weighted by Crippen LogP contribution is -2.34. The third-order valence-electron chi connectivity index (χ3n) is 2.41. The lowest BCUT2D eigenvalue weighted by atomic mass is 10.4. The number of aromatic nitrogens is 2. The Morgan fingerprint density at radius 3 is 2.72 bits per heavy atom. The normalized spacial score (nSPS) is 10.1. The van der Waals surface area contributed by atoms with Crippen LogP contribution in [0, 0.1) is 0 Å². The van der Waals surface area contributed by atoms with Gasteiger partial charge in [-0.05, 0) is 6.92 Å². The van der Waals surface area contributed by atoms with Crippen LogP contribution in [0.3, 0.4) is 0 Å². The monoisotopic (exact) mass is 256 g/mol. The summed E-state index contributed by atoms with van der Waals surface area (Å²) in [6, 6.07) is 0. The summed E-state index contributed by atoms with van der Waals surface area (Å²) in [5.41, 5.74) is 4.63. The first kappa shape index (κ1) is 13.8. The summed E-state index contributed by atoms with van der Waals surface area (Å²) >= 11 is 0. The molecule has 0 amide bonds. The van der Waals surface area contributed by atoms with Gasteiger partial charge in [-0.2, -0.15) is 0 Å². The van der Waals surface area contributed by atoms with E-state index >= 15 is 0 Å². The van der Waals surface area contributed by atoms with E-state index in [1.807, 2.05) is 0 Å². The molecule has 1 aromatic rings. The number of nitrogen functional groups attached to an aromatic ring is 1. The van der Waals surface area contributed by atoms with Crippen molar-refractivity contribution in [3.63, 3.8) is 0 Å². The quantitative estimate of drug-likeness (QED) is 0.588. The van der Waals surface area contributed by atoms with Gasteiger partial charge in [-0.1, -0.05) is 0 Å². The molecule has 1 aromatic heterocycles. The Labute approximate surface area is 103 Å². The summed E-state index contributed by atoms with van der Waals surface area (Å²) in [7, 11) is 1.28. The Morgan fingerprint density at radius 1 is 1.50 bits per heavy atom. The molecule has 8 heteroatoms. The number of hydrogen-bond acceptors (Lipinski definition) is 6. The van der Waals surface area contributed by atoms with E-state index in [-0.39, 0.29) is 24.5 Å². The summed E-state index contributed by atoms with van der Waals surface area (Å²) in [6.45, 7) is 2.27. The zero-order chi connectivity index (χ0) is 13.7. The van der Waals surface area contributed by atoms with Gasteiger partial charge in [-0.25, -0.2) is 4.79 Å². The Hall–Kier alpha value is -2.25. The molecule has 8 nitrogen and oxygen atoms in total. The maximum absolute atomic E-state index is 11.5. The highest BCUT2D eigenvalue weighted by molar-refractivity contribution is 5.70. The van der Waals surface area contributed by atoms with Crippen LogP contribution in [0.4, 0.5) is 11.5 Å². The second kappa shape index (κ2) is 5.89. The Kier molecular flexibility index (Phi) is 4.52. The van der Waals surface area contributed by atoms with Crippen LogP contribution in [0.2, 0.25) is 0 Å². The molecule has 0 aliphatic carbocycles. The molecule has 0 radical (unpaired) electrons. The molecule has 1 rings (SSSR count). The highest BCUT2D eigenvalue weighted by atomic mass is 16.5. The predicted molar refractivity (Wildman–Crippen MR) is 66.5 cm³/mol. The number of nitrogens with zero attached hydrogens (tertiary/aromatic N) is 1. The molecule has 18 heavy (non-hydrogen) atoms. The van der Waals surface area contributed by atoms with Gasteiger partial charge in [0, 0.05) is 13.1 Å². The molecule has 0 aliphatic heterocycles. The van der Waals surface area contributed by atoms with Gasteiger partial charge >= 0.3 is 11.7 Å². The molecule has 0 atom stereocenters. The van der Waals surface area contributed by atoms with Crippen LogP contribution in [0.5, 0.6) is 0 Å². The van der Waals surface area contributed by atoms with E-state index in [2.05, 4.69) is 15.0 Å². The minimum absolute atomic E-state index is 0.0520. The van der Waals surface area contributed by atoms with Crippen molar-refractivity contribution in [1.29, 1.82) is 0 Å². The minimum atomic E-state index is -0.605. The fraction of sp³-hybridized carbons (Fsp3) is 0.500. The molecule has 4 N–H and O–H groups in total. The lowest BCUT2D eigenvalue weighted by Gasteiger charge is -2.11. The zero-order valence-electron chi connectivity index (χ0n) is 10.3. The van der Waals surface area contributed by atoms with E-state index in [9.17, 15) is 14.4 Å². The number of methoxy groups -OCH3 is 1. The molecule has 100 valence electrons. The molecule has 0 spiro atoms. The molecule has 0 unspecified atom stereocenters. The van der Waals surface area contributed by atoms with Crippen LogP contribution in [-0.4, -0.2) is 29.2 Å². The summed E-state index contributed by atoms with van der Waals surface area (Å²) in [6.07, 6.45) is 0.0978. The van der Waals surface area contributed by atoms with Gasteiger partial charge < -0.3 is 15.8 Å². The number of ether oxygens (including phenoxy) is 1. The van der Waals surface area contributed by atoms with Crippen LogP contribution in [0.1, 0.15) is 13.3 Å². The van der Waals surface area contributed by atoms with E-state index in [1.54, 1.807) is 6.92 Å². The van der Waals surface area contributed by atoms with Gasteiger partial charge in [-0.3, -0.25) is 19.1 Å². The topological polar surface area (TPSA) is 119 Å². The largest absolute Gasteiger partial charge is 0.469 e. The smallest absolute Gasteiger partial charge is 0.330 e. The maximum atomic E-state index is 11.5. The lowest BCUT2D eigenvalue weighted by molar-refractivity contribution is -0.140. The second-order valence-electron chi connectivity index (χ2n) is 3.52. The van der Waals surface area contributed by atoms with Crippen molar-refractivity contribution >= 4 is 17.5 Å². The number of anilines is 2. The van der Waals surface area contributed by atoms with Gasteiger partial charge in [0.2, 0.25) is 0 Å². The Bertz CT molecular complexity index is 546. The number of nitrogens with one attached hydrogen (secondary N) is 2. The van der Waals surface area contributed by atoms with Gasteiger partial charge in [0.25, 0.3) is 5.56 Å². The molecule has 0 bridgehead atoms. The van der Waals surface area contributed by atoms with Crippen molar-refractivity contribution in [2.24, 2.45) is 0 Å². The average molecular weight is 256 g/mol. The van der Waals surface area contributed by atoms with Crippen LogP contribution in [0.25, 0.3) is 0 Å². The van der Waals surface area contributed by atoms with E-state index < -0.39 is 17.2 Å². The SMILES string of the molecule is CCn1c(N)c(NCCC(=O)OC)c(=O)[nH]c1=O. The second-order valence-corrected chi connectivity index (χ2v) is 3.52. The van der Waals surface area contributed by atoms with Crippen molar-refractivity contribution in [3.8, 4) is 0 Å². The summed E-state index contributed by atoms with van der Waals surface area (Å²) in [5, 5.41) is 2.72. The van der Waals surface area contributed by atoms with Crippen LogP contribution >= 0.6 is 0 Å². The third kappa shape index (κ3) is 2.90. The average Bonchev–Trinajstić information content (AvgIpc) is 2.33. The molecule has 0 aromatic carbocycles. The Morgan fingerprint density at radius 2 is 2.17 bits per heavy atom.